The van der Waals surface area contributed by atoms with E-state index in [1.165, 1.54) is 10.9 Å². The molecule has 3 nitrogen and oxygen atoms in total. The number of benzene rings is 2. The summed E-state index contributed by atoms with van der Waals surface area (Å²) in [4.78, 5) is 15.7. The number of aromatic amines is 1. The zero-order valence-corrected chi connectivity index (χ0v) is 15.2. The Bertz CT molecular complexity index is 934. The molecule has 2 heterocycles. The number of ketones is 1. The maximum absolute atomic E-state index is 12.4. The number of hydrogen-bond acceptors (Lipinski definition) is 2. The number of hydrogen-bond donors (Lipinski definition) is 1. The van der Waals surface area contributed by atoms with E-state index >= 15 is 0 Å². The summed E-state index contributed by atoms with van der Waals surface area (Å²) in [5.74, 6) is 0.697. The van der Waals surface area contributed by atoms with Gasteiger partial charge in [-0.1, -0.05) is 29.8 Å². The SMILES string of the molecule is O=C1CC(CCc2c[nH]c3ccccc23)Oc2c(Br)cc(Cl)cc21. The van der Waals surface area contributed by atoms with Crippen LogP contribution in [0.4, 0.5) is 0 Å². The average Bonchev–Trinajstić information content (AvgIpc) is 2.97. The first-order valence-corrected chi connectivity index (χ1v) is 9.03. The number of ether oxygens (including phenoxy) is 1. The van der Waals surface area contributed by atoms with Gasteiger partial charge in [-0.05, 0) is 52.5 Å². The number of aryl methyl sites for hydroxylation is 1. The van der Waals surface area contributed by atoms with Gasteiger partial charge in [-0.25, -0.2) is 0 Å². The molecule has 3 aromatic rings. The molecule has 24 heavy (non-hydrogen) atoms. The number of rotatable bonds is 3. The van der Waals surface area contributed by atoms with Crippen molar-refractivity contribution in [2.24, 2.45) is 0 Å². The van der Waals surface area contributed by atoms with Crippen LogP contribution in [0.2, 0.25) is 5.02 Å². The molecular formula is C19H15BrClNO2. The van der Waals surface area contributed by atoms with Crippen LogP contribution in [0.25, 0.3) is 10.9 Å². The van der Waals surface area contributed by atoms with Crippen LogP contribution in [-0.2, 0) is 6.42 Å². The van der Waals surface area contributed by atoms with Gasteiger partial charge in [0.25, 0.3) is 0 Å². The van der Waals surface area contributed by atoms with E-state index in [9.17, 15) is 4.79 Å². The largest absolute Gasteiger partial charge is 0.488 e. The van der Waals surface area contributed by atoms with Crippen molar-refractivity contribution < 1.29 is 9.53 Å². The first-order valence-electron chi connectivity index (χ1n) is 7.85. The summed E-state index contributed by atoms with van der Waals surface area (Å²) in [6.07, 6.45) is 3.97. The summed E-state index contributed by atoms with van der Waals surface area (Å²) in [5, 5.41) is 1.77. The Morgan fingerprint density at radius 3 is 3.00 bits per heavy atom. The van der Waals surface area contributed by atoms with E-state index in [-0.39, 0.29) is 11.9 Å². The van der Waals surface area contributed by atoms with Gasteiger partial charge in [0.1, 0.15) is 11.9 Å². The van der Waals surface area contributed by atoms with Crippen LogP contribution < -0.4 is 4.74 Å². The van der Waals surface area contributed by atoms with E-state index in [1.54, 1.807) is 12.1 Å². The third-order valence-electron chi connectivity index (χ3n) is 4.42. The van der Waals surface area contributed by atoms with Gasteiger partial charge in [0, 0.05) is 28.5 Å². The van der Waals surface area contributed by atoms with Gasteiger partial charge in [-0.15, -0.1) is 0 Å². The third-order valence-corrected chi connectivity index (χ3v) is 5.22. The lowest BCUT2D eigenvalue weighted by Gasteiger charge is -2.26. The van der Waals surface area contributed by atoms with E-state index in [1.807, 2.05) is 18.3 Å². The van der Waals surface area contributed by atoms with Crippen molar-refractivity contribution in [3.63, 3.8) is 0 Å². The molecule has 0 amide bonds. The van der Waals surface area contributed by atoms with Crippen LogP contribution in [0.1, 0.15) is 28.8 Å². The predicted octanol–water partition coefficient (Wildman–Crippen LogP) is 5.55. The highest BCUT2D eigenvalue weighted by molar-refractivity contribution is 9.10. The molecule has 0 fully saturated rings. The van der Waals surface area contributed by atoms with Gasteiger partial charge in [0.05, 0.1) is 10.0 Å². The van der Waals surface area contributed by atoms with E-state index in [4.69, 9.17) is 16.3 Å². The molecule has 122 valence electrons. The quantitative estimate of drug-likeness (QED) is 0.622. The highest BCUT2D eigenvalue weighted by atomic mass is 79.9. The number of carbonyl (C=O) groups excluding carboxylic acids is 1. The molecule has 4 rings (SSSR count). The molecule has 0 aliphatic carbocycles. The fraction of sp³-hybridized carbons (Fsp3) is 0.211. The van der Waals surface area contributed by atoms with E-state index in [0.717, 1.165) is 22.8 Å². The molecule has 1 unspecified atom stereocenters. The summed E-state index contributed by atoms with van der Waals surface area (Å²) in [6.45, 7) is 0. The Balaban J connectivity index is 1.53. The van der Waals surface area contributed by atoms with Crippen molar-refractivity contribution in [1.29, 1.82) is 0 Å². The van der Waals surface area contributed by atoms with Gasteiger partial charge in [0.15, 0.2) is 5.78 Å². The van der Waals surface area contributed by atoms with E-state index in [2.05, 4.69) is 33.0 Å². The monoisotopic (exact) mass is 403 g/mol. The highest BCUT2D eigenvalue weighted by Crippen LogP contribution is 2.38. The molecule has 1 aliphatic heterocycles. The molecule has 5 heteroatoms. The van der Waals surface area contributed by atoms with Gasteiger partial charge >= 0.3 is 0 Å². The standard InChI is InChI=1S/C19H15BrClNO2/c20-16-8-12(21)7-15-18(23)9-13(24-19(15)16)6-5-11-10-22-17-4-2-1-3-14(11)17/h1-4,7-8,10,13,22H,5-6,9H2. The number of nitrogens with one attached hydrogen (secondary N) is 1. The van der Waals surface area contributed by atoms with Gasteiger partial charge in [-0.3, -0.25) is 4.79 Å². The molecule has 0 radical (unpaired) electrons. The Morgan fingerprint density at radius 1 is 1.29 bits per heavy atom. The second-order valence-corrected chi connectivity index (χ2v) is 7.32. The van der Waals surface area contributed by atoms with Crippen molar-refractivity contribution >= 4 is 44.2 Å². The van der Waals surface area contributed by atoms with Crippen LogP contribution in [0.3, 0.4) is 0 Å². The maximum atomic E-state index is 12.4. The Kier molecular flexibility index (Phi) is 4.10. The van der Waals surface area contributed by atoms with Crippen LogP contribution in [0.15, 0.2) is 47.1 Å². The summed E-state index contributed by atoms with van der Waals surface area (Å²) in [5.41, 5.74) is 2.95. The van der Waals surface area contributed by atoms with E-state index in [0.29, 0.717) is 22.8 Å². The second-order valence-electron chi connectivity index (χ2n) is 6.03. The smallest absolute Gasteiger partial charge is 0.170 e. The summed E-state index contributed by atoms with van der Waals surface area (Å²) < 4.78 is 6.79. The van der Waals surface area contributed by atoms with Gasteiger partial charge in [-0.2, -0.15) is 0 Å². The molecule has 0 spiro atoms. The van der Waals surface area contributed by atoms with Crippen LogP contribution in [-0.4, -0.2) is 16.9 Å². The minimum absolute atomic E-state index is 0.0865. The highest BCUT2D eigenvalue weighted by Gasteiger charge is 2.28. The van der Waals surface area contributed by atoms with E-state index < -0.39 is 0 Å². The maximum Gasteiger partial charge on any atom is 0.170 e. The number of fused-ring (bicyclic) bond motifs is 2. The normalized spacial score (nSPS) is 16.9. The van der Waals surface area contributed by atoms with Gasteiger partial charge in [0.2, 0.25) is 0 Å². The number of carbonyl (C=O) groups is 1. The summed E-state index contributed by atoms with van der Waals surface area (Å²) >= 11 is 9.47. The molecule has 1 N–H and O–H groups in total. The lowest BCUT2D eigenvalue weighted by molar-refractivity contribution is 0.0838. The minimum Gasteiger partial charge on any atom is -0.488 e. The Hall–Kier alpha value is -1.78. The van der Waals surface area contributed by atoms with Crippen molar-refractivity contribution in [3.05, 3.63) is 63.2 Å². The number of Topliss-reactive ketones (excluding diaryl/α,β-unsaturated/α-hetero) is 1. The minimum atomic E-state index is -0.115. The first kappa shape index (κ1) is 15.7. The number of para-hydroxylation sites is 1. The Labute approximate surface area is 153 Å². The Morgan fingerprint density at radius 2 is 2.12 bits per heavy atom. The molecule has 1 aliphatic rings. The van der Waals surface area contributed by atoms with Crippen molar-refractivity contribution in [2.75, 3.05) is 0 Å². The molecule has 0 saturated heterocycles. The molecule has 1 atom stereocenters. The predicted molar refractivity (Wildman–Crippen MR) is 99.1 cm³/mol. The number of H-pyrrole nitrogens is 1. The first-order chi connectivity index (χ1) is 11.6. The molecule has 0 saturated carbocycles. The molecule has 2 aromatic carbocycles. The van der Waals surface area contributed by atoms with Crippen LogP contribution in [0, 0.1) is 0 Å². The fourth-order valence-electron chi connectivity index (χ4n) is 3.23. The van der Waals surface area contributed by atoms with Crippen LogP contribution >= 0.6 is 27.5 Å². The van der Waals surface area contributed by atoms with Crippen LogP contribution in [0.5, 0.6) is 5.75 Å². The topological polar surface area (TPSA) is 42.1 Å². The third kappa shape index (κ3) is 2.85. The van der Waals surface area contributed by atoms with Gasteiger partial charge < -0.3 is 9.72 Å². The summed E-state index contributed by atoms with van der Waals surface area (Å²) in [6, 6.07) is 11.7. The number of halogens is 2. The van der Waals surface area contributed by atoms with Crippen molar-refractivity contribution in [1.82, 2.24) is 4.98 Å². The number of aromatic nitrogens is 1. The lowest BCUT2D eigenvalue weighted by Crippen LogP contribution is -2.27. The van der Waals surface area contributed by atoms with Crippen molar-refractivity contribution in [2.45, 2.75) is 25.4 Å². The average molecular weight is 405 g/mol. The zero-order chi connectivity index (χ0) is 16.7. The lowest BCUT2D eigenvalue weighted by atomic mass is 9.96. The molecule has 0 bridgehead atoms. The van der Waals surface area contributed by atoms with Crippen molar-refractivity contribution in [3.8, 4) is 5.75 Å². The fourth-order valence-corrected chi connectivity index (χ4v) is 4.13. The summed E-state index contributed by atoms with van der Waals surface area (Å²) in [7, 11) is 0. The molecular weight excluding hydrogens is 390 g/mol. The molecule has 1 aromatic heterocycles. The zero-order valence-electron chi connectivity index (χ0n) is 12.8. The second kappa shape index (κ2) is 6.26.